The summed E-state index contributed by atoms with van der Waals surface area (Å²) in [5, 5.41) is 20.0. The molecule has 0 aromatic carbocycles. The third-order valence-electron chi connectivity index (χ3n) is 2.53. The van der Waals surface area contributed by atoms with Gasteiger partial charge < -0.3 is 15.3 Å². The molecule has 112 valence electrons. The Morgan fingerprint density at radius 1 is 1.48 bits per heavy atom. The first-order chi connectivity index (χ1) is 9.95. The van der Waals surface area contributed by atoms with E-state index in [-0.39, 0.29) is 24.8 Å². The Kier molecular flexibility index (Phi) is 4.48. The maximum Gasteiger partial charge on any atom is 0.355 e. The third-order valence-corrected chi connectivity index (χ3v) is 3.38. The number of carbonyl (C=O) groups excluding carboxylic acids is 1. The predicted octanol–water partition coefficient (Wildman–Crippen LogP) is 0.609. The van der Waals surface area contributed by atoms with E-state index in [1.54, 1.807) is 14.0 Å². The van der Waals surface area contributed by atoms with Crippen LogP contribution in [-0.4, -0.2) is 49.2 Å². The Hall–Kier alpha value is -2.49. The van der Waals surface area contributed by atoms with Crippen molar-refractivity contribution in [2.75, 3.05) is 7.05 Å². The molecule has 0 radical (unpaired) electrons. The van der Waals surface area contributed by atoms with Gasteiger partial charge in [-0.1, -0.05) is 0 Å². The monoisotopic (exact) mass is 310 g/mol. The minimum absolute atomic E-state index is 0.0196. The predicted molar refractivity (Wildman–Crippen MR) is 73.9 cm³/mol. The van der Waals surface area contributed by atoms with Gasteiger partial charge >= 0.3 is 12.0 Å². The van der Waals surface area contributed by atoms with E-state index >= 15 is 0 Å². The van der Waals surface area contributed by atoms with E-state index in [0.29, 0.717) is 16.7 Å². The molecule has 3 N–H and O–H groups in total. The van der Waals surface area contributed by atoms with Gasteiger partial charge in [-0.05, 0) is 6.92 Å². The van der Waals surface area contributed by atoms with Gasteiger partial charge in [-0.3, -0.25) is 5.10 Å². The van der Waals surface area contributed by atoms with Gasteiger partial charge in [-0.15, -0.1) is 11.3 Å². The van der Waals surface area contributed by atoms with Crippen LogP contribution < -0.4 is 5.32 Å². The molecule has 10 heteroatoms. The number of carboxylic acids is 1. The molecular weight excluding hydrogens is 296 g/mol. The van der Waals surface area contributed by atoms with Crippen LogP contribution in [0, 0.1) is 6.92 Å². The maximum atomic E-state index is 11.9. The normalized spacial score (nSPS) is 10.4. The number of carbonyl (C=O) groups is 2. The first-order valence-corrected chi connectivity index (χ1v) is 6.88. The first-order valence-electron chi connectivity index (χ1n) is 6.00. The van der Waals surface area contributed by atoms with Gasteiger partial charge in [0.1, 0.15) is 10.8 Å². The number of aryl methyl sites for hydroxylation is 1. The molecule has 2 amide bonds. The van der Waals surface area contributed by atoms with Crippen molar-refractivity contribution in [3.63, 3.8) is 0 Å². The molecular formula is C11H14N6O3S. The standard InChI is InChI=1S/C11H14N6O3S/c1-6-13-8(16-15-6)4-17(2)11(20)12-3-9-14-7(5-21-9)10(18)19/h5H,3-4H2,1-2H3,(H,12,20)(H,18,19)(H,13,15,16). The summed E-state index contributed by atoms with van der Waals surface area (Å²) in [6, 6.07) is -0.315. The Morgan fingerprint density at radius 3 is 2.81 bits per heavy atom. The highest BCUT2D eigenvalue weighted by Crippen LogP contribution is 2.09. The average molecular weight is 310 g/mol. The Morgan fingerprint density at radius 2 is 2.24 bits per heavy atom. The highest BCUT2D eigenvalue weighted by molar-refractivity contribution is 7.09. The number of aromatic nitrogens is 4. The Balaban J connectivity index is 1.84. The number of H-pyrrole nitrogens is 1. The van der Waals surface area contributed by atoms with Gasteiger partial charge in [0.2, 0.25) is 0 Å². The summed E-state index contributed by atoms with van der Waals surface area (Å²) in [7, 11) is 1.62. The van der Waals surface area contributed by atoms with Gasteiger partial charge in [-0.25, -0.2) is 19.6 Å². The lowest BCUT2D eigenvalue weighted by atomic mass is 10.5. The molecule has 0 aliphatic heterocycles. The number of rotatable bonds is 5. The molecule has 0 bridgehead atoms. The van der Waals surface area contributed by atoms with Crippen LogP contribution in [0.5, 0.6) is 0 Å². The van der Waals surface area contributed by atoms with E-state index in [0.717, 1.165) is 0 Å². The van der Waals surface area contributed by atoms with Crippen LogP contribution in [0.4, 0.5) is 4.79 Å². The third kappa shape index (κ3) is 3.99. The highest BCUT2D eigenvalue weighted by Gasteiger charge is 2.13. The van der Waals surface area contributed by atoms with Crippen LogP contribution in [0.15, 0.2) is 5.38 Å². The fourth-order valence-electron chi connectivity index (χ4n) is 1.52. The second kappa shape index (κ2) is 6.31. The number of urea groups is 1. The number of amides is 2. The zero-order valence-corrected chi connectivity index (χ0v) is 12.3. The summed E-state index contributed by atoms with van der Waals surface area (Å²) in [5.41, 5.74) is -0.0196. The van der Waals surface area contributed by atoms with Crippen molar-refractivity contribution in [2.24, 2.45) is 0 Å². The molecule has 2 rings (SSSR count). The molecule has 0 fully saturated rings. The van der Waals surface area contributed by atoms with Crippen LogP contribution in [0.1, 0.15) is 27.1 Å². The van der Waals surface area contributed by atoms with Gasteiger partial charge in [-0.2, -0.15) is 5.10 Å². The minimum atomic E-state index is -1.08. The summed E-state index contributed by atoms with van der Waals surface area (Å²) in [5.74, 6) is 0.122. The average Bonchev–Trinajstić information content (AvgIpc) is 3.05. The second-order valence-corrected chi connectivity index (χ2v) is 5.23. The Bertz CT molecular complexity index is 652. The molecule has 0 aliphatic carbocycles. The largest absolute Gasteiger partial charge is 0.476 e. The summed E-state index contributed by atoms with van der Waals surface area (Å²) < 4.78 is 0. The molecule has 0 unspecified atom stereocenters. The van der Waals surface area contributed by atoms with Crippen molar-refractivity contribution in [3.8, 4) is 0 Å². The van der Waals surface area contributed by atoms with Gasteiger partial charge in [0.05, 0.1) is 13.1 Å². The molecule has 0 saturated carbocycles. The lowest BCUT2D eigenvalue weighted by Gasteiger charge is -2.15. The highest BCUT2D eigenvalue weighted by atomic mass is 32.1. The number of nitrogens with zero attached hydrogens (tertiary/aromatic N) is 4. The molecule has 0 spiro atoms. The number of hydrogen-bond donors (Lipinski definition) is 3. The maximum absolute atomic E-state index is 11.9. The smallest absolute Gasteiger partial charge is 0.355 e. The first kappa shape index (κ1) is 14.9. The minimum Gasteiger partial charge on any atom is -0.476 e. The van der Waals surface area contributed by atoms with Crippen molar-refractivity contribution in [1.82, 2.24) is 30.4 Å². The number of nitrogens with one attached hydrogen (secondary N) is 2. The van der Waals surface area contributed by atoms with E-state index < -0.39 is 5.97 Å². The molecule has 9 nitrogen and oxygen atoms in total. The van der Waals surface area contributed by atoms with E-state index in [1.165, 1.54) is 21.6 Å². The van der Waals surface area contributed by atoms with E-state index in [9.17, 15) is 9.59 Å². The van der Waals surface area contributed by atoms with Crippen LogP contribution >= 0.6 is 11.3 Å². The zero-order valence-electron chi connectivity index (χ0n) is 11.5. The van der Waals surface area contributed by atoms with E-state index in [1.807, 2.05) is 0 Å². The summed E-state index contributed by atoms with van der Waals surface area (Å²) in [6.07, 6.45) is 0. The van der Waals surface area contributed by atoms with Crippen molar-refractivity contribution < 1.29 is 14.7 Å². The number of thiazole rings is 1. The lowest BCUT2D eigenvalue weighted by molar-refractivity contribution is 0.0691. The fraction of sp³-hybridized carbons (Fsp3) is 0.364. The van der Waals surface area contributed by atoms with Crippen molar-refractivity contribution in [3.05, 3.63) is 27.7 Å². The molecule has 0 atom stereocenters. The van der Waals surface area contributed by atoms with Crippen LogP contribution in [0.25, 0.3) is 0 Å². The van der Waals surface area contributed by atoms with Crippen LogP contribution in [-0.2, 0) is 13.1 Å². The van der Waals surface area contributed by atoms with Crippen molar-refractivity contribution in [1.29, 1.82) is 0 Å². The lowest BCUT2D eigenvalue weighted by Crippen LogP contribution is -2.36. The molecule has 21 heavy (non-hydrogen) atoms. The molecule has 0 saturated heterocycles. The molecule has 2 aromatic rings. The summed E-state index contributed by atoms with van der Waals surface area (Å²) in [6.45, 7) is 2.22. The van der Waals surface area contributed by atoms with E-state index in [2.05, 4.69) is 25.5 Å². The number of carboxylic acid groups (broad SMARTS) is 1. The number of aromatic amines is 1. The van der Waals surface area contributed by atoms with Crippen molar-refractivity contribution in [2.45, 2.75) is 20.0 Å². The number of aromatic carboxylic acids is 1. The van der Waals surface area contributed by atoms with E-state index in [4.69, 9.17) is 5.11 Å². The summed E-state index contributed by atoms with van der Waals surface area (Å²) in [4.78, 5) is 32.0. The van der Waals surface area contributed by atoms with Gasteiger partial charge in [0.15, 0.2) is 11.5 Å². The molecule has 0 aliphatic rings. The summed E-state index contributed by atoms with van der Waals surface area (Å²) >= 11 is 1.18. The molecule has 2 heterocycles. The molecule has 2 aromatic heterocycles. The Labute approximate surface area is 124 Å². The zero-order chi connectivity index (χ0) is 15.4. The van der Waals surface area contributed by atoms with Gasteiger partial charge in [0, 0.05) is 12.4 Å². The number of hydrogen-bond acceptors (Lipinski definition) is 6. The van der Waals surface area contributed by atoms with Crippen LogP contribution in [0.3, 0.4) is 0 Å². The van der Waals surface area contributed by atoms with Crippen LogP contribution in [0.2, 0.25) is 0 Å². The van der Waals surface area contributed by atoms with Crippen molar-refractivity contribution >= 4 is 23.3 Å². The SMILES string of the molecule is Cc1nc(CN(C)C(=O)NCc2nc(C(=O)O)cs2)n[nH]1. The fourth-order valence-corrected chi connectivity index (χ4v) is 2.23. The topological polar surface area (TPSA) is 124 Å². The van der Waals surface area contributed by atoms with Gasteiger partial charge in [0.25, 0.3) is 0 Å². The quantitative estimate of drug-likeness (QED) is 0.743. The second-order valence-electron chi connectivity index (χ2n) is 4.28.